The molecule has 0 radical (unpaired) electrons. The topological polar surface area (TPSA) is 12.0 Å². The van der Waals surface area contributed by atoms with Crippen molar-refractivity contribution >= 4 is 23.4 Å². The summed E-state index contributed by atoms with van der Waals surface area (Å²) < 4.78 is 0. The molecule has 94 valence electrons. The maximum Gasteiger partial charge on any atom is 0.0417 e. The van der Waals surface area contributed by atoms with Gasteiger partial charge in [-0.25, -0.2) is 0 Å². The van der Waals surface area contributed by atoms with Crippen molar-refractivity contribution in [2.24, 2.45) is 5.92 Å². The molecule has 0 aliphatic heterocycles. The normalized spacial score (nSPS) is 29.2. The first-order valence-electron chi connectivity index (χ1n) is 6.28. The molecular weight excluding hydrogens is 250 g/mol. The highest BCUT2D eigenvalue weighted by atomic mass is 35.5. The Hall–Kier alpha value is -0.180. The lowest BCUT2D eigenvalue weighted by Gasteiger charge is -2.34. The Morgan fingerprint density at radius 1 is 1.35 bits per heavy atom. The molecule has 1 nitrogen and oxygen atoms in total. The van der Waals surface area contributed by atoms with E-state index < -0.39 is 0 Å². The molecule has 3 unspecified atom stereocenters. The van der Waals surface area contributed by atoms with Crippen LogP contribution in [0.2, 0.25) is 5.02 Å². The molecule has 1 aromatic rings. The van der Waals surface area contributed by atoms with Gasteiger partial charge >= 0.3 is 0 Å². The standard InChI is InChI=1S/C14H20ClNS/c1-10-6-7-13(16-2)14(8-10)17-12-5-3-4-11(15)9-12/h3-5,9-10,13-14,16H,6-8H2,1-2H3. The Kier molecular flexibility index (Phi) is 4.78. The number of hydrogen-bond donors (Lipinski definition) is 1. The molecule has 0 saturated heterocycles. The summed E-state index contributed by atoms with van der Waals surface area (Å²) >= 11 is 8.00. The average Bonchev–Trinajstić information content (AvgIpc) is 2.29. The van der Waals surface area contributed by atoms with Crippen LogP contribution in [0, 0.1) is 5.92 Å². The van der Waals surface area contributed by atoms with Gasteiger partial charge in [-0.1, -0.05) is 24.6 Å². The van der Waals surface area contributed by atoms with E-state index in [0.29, 0.717) is 11.3 Å². The lowest BCUT2D eigenvalue weighted by Crippen LogP contribution is -2.40. The minimum atomic E-state index is 0.634. The molecule has 17 heavy (non-hydrogen) atoms. The zero-order valence-corrected chi connectivity index (χ0v) is 12.0. The maximum atomic E-state index is 6.03. The minimum Gasteiger partial charge on any atom is -0.316 e. The van der Waals surface area contributed by atoms with Crippen LogP contribution in [0.4, 0.5) is 0 Å². The lowest BCUT2D eigenvalue weighted by atomic mass is 9.87. The fraction of sp³-hybridized carbons (Fsp3) is 0.571. The van der Waals surface area contributed by atoms with Crippen molar-refractivity contribution in [3.8, 4) is 0 Å². The van der Waals surface area contributed by atoms with Gasteiger partial charge in [0.25, 0.3) is 0 Å². The smallest absolute Gasteiger partial charge is 0.0417 e. The summed E-state index contributed by atoms with van der Waals surface area (Å²) in [7, 11) is 2.08. The van der Waals surface area contributed by atoms with Gasteiger partial charge in [0, 0.05) is 21.2 Å². The monoisotopic (exact) mass is 269 g/mol. The van der Waals surface area contributed by atoms with Crippen LogP contribution in [-0.2, 0) is 0 Å². The summed E-state index contributed by atoms with van der Waals surface area (Å²) in [5, 5.41) is 4.96. The van der Waals surface area contributed by atoms with Crippen molar-refractivity contribution < 1.29 is 0 Å². The summed E-state index contributed by atoms with van der Waals surface area (Å²) in [6, 6.07) is 8.83. The number of halogens is 1. The maximum absolute atomic E-state index is 6.03. The molecule has 1 N–H and O–H groups in total. The highest BCUT2D eigenvalue weighted by molar-refractivity contribution is 8.00. The first kappa shape index (κ1) is 13.3. The zero-order valence-electron chi connectivity index (χ0n) is 10.4. The molecule has 1 aliphatic rings. The second kappa shape index (κ2) is 6.12. The SMILES string of the molecule is CNC1CCC(C)CC1Sc1cccc(Cl)c1. The molecule has 1 aromatic carbocycles. The van der Waals surface area contributed by atoms with Crippen molar-refractivity contribution in [1.29, 1.82) is 0 Å². The van der Waals surface area contributed by atoms with E-state index in [4.69, 9.17) is 11.6 Å². The van der Waals surface area contributed by atoms with Gasteiger partial charge in [-0.15, -0.1) is 11.8 Å². The largest absolute Gasteiger partial charge is 0.316 e. The van der Waals surface area contributed by atoms with Gasteiger partial charge in [0.1, 0.15) is 0 Å². The van der Waals surface area contributed by atoms with Gasteiger partial charge in [0.05, 0.1) is 0 Å². The molecule has 0 bridgehead atoms. The van der Waals surface area contributed by atoms with Crippen molar-refractivity contribution in [2.45, 2.75) is 42.4 Å². The summed E-state index contributed by atoms with van der Waals surface area (Å²) in [5.74, 6) is 0.844. The van der Waals surface area contributed by atoms with Crippen LogP contribution in [-0.4, -0.2) is 18.3 Å². The number of benzene rings is 1. The molecule has 1 fully saturated rings. The van der Waals surface area contributed by atoms with Gasteiger partial charge in [-0.3, -0.25) is 0 Å². The molecule has 3 heteroatoms. The molecule has 0 heterocycles. The molecule has 0 aromatic heterocycles. The molecule has 0 amide bonds. The van der Waals surface area contributed by atoms with E-state index in [1.54, 1.807) is 0 Å². The van der Waals surface area contributed by atoms with E-state index in [0.717, 1.165) is 10.9 Å². The van der Waals surface area contributed by atoms with E-state index >= 15 is 0 Å². The number of rotatable bonds is 3. The van der Waals surface area contributed by atoms with E-state index in [1.807, 2.05) is 23.9 Å². The van der Waals surface area contributed by atoms with E-state index in [9.17, 15) is 0 Å². The first-order chi connectivity index (χ1) is 8.19. The van der Waals surface area contributed by atoms with Gasteiger partial charge in [0.2, 0.25) is 0 Å². The number of hydrogen-bond acceptors (Lipinski definition) is 2. The van der Waals surface area contributed by atoms with Gasteiger partial charge in [-0.2, -0.15) is 0 Å². The van der Waals surface area contributed by atoms with Crippen molar-refractivity contribution in [2.75, 3.05) is 7.05 Å². The molecule has 2 rings (SSSR count). The molecular formula is C14H20ClNS. The Morgan fingerprint density at radius 2 is 2.18 bits per heavy atom. The summed E-state index contributed by atoms with van der Waals surface area (Å²) in [6.07, 6.45) is 3.93. The molecule has 3 atom stereocenters. The third kappa shape index (κ3) is 3.64. The first-order valence-corrected chi connectivity index (χ1v) is 7.54. The Bertz CT molecular complexity index is 369. The van der Waals surface area contributed by atoms with Crippen molar-refractivity contribution in [3.63, 3.8) is 0 Å². The van der Waals surface area contributed by atoms with Crippen LogP contribution in [0.3, 0.4) is 0 Å². The van der Waals surface area contributed by atoms with Crippen LogP contribution in [0.5, 0.6) is 0 Å². The third-order valence-corrected chi connectivity index (χ3v) is 5.09. The third-order valence-electron chi connectivity index (χ3n) is 3.51. The van der Waals surface area contributed by atoms with Gasteiger partial charge in [-0.05, 0) is 50.4 Å². The van der Waals surface area contributed by atoms with Crippen LogP contribution in [0.1, 0.15) is 26.2 Å². The molecule has 0 spiro atoms. The van der Waals surface area contributed by atoms with Crippen LogP contribution >= 0.6 is 23.4 Å². The predicted molar refractivity (Wildman–Crippen MR) is 77.0 cm³/mol. The summed E-state index contributed by atoms with van der Waals surface area (Å²) in [4.78, 5) is 1.29. The van der Waals surface area contributed by atoms with Crippen LogP contribution in [0.15, 0.2) is 29.2 Å². The van der Waals surface area contributed by atoms with Crippen LogP contribution < -0.4 is 5.32 Å². The van der Waals surface area contributed by atoms with Gasteiger partial charge < -0.3 is 5.32 Å². The fourth-order valence-electron chi connectivity index (χ4n) is 2.50. The fourth-order valence-corrected chi connectivity index (χ4v) is 4.32. The second-order valence-corrected chi connectivity index (χ2v) is 6.68. The molecule has 1 saturated carbocycles. The molecule has 1 aliphatic carbocycles. The van der Waals surface area contributed by atoms with Crippen LogP contribution in [0.25, 0.3) is 0 Å². The van der Waals surface area contributed by atoms with Crippen molar-refractivity contribution in [1.82, 2.24) is 5.32 Å². The highest BCUT2D eigenvalue weighted by Gasteiger charge is 2.28. The number of nitrogens with one attached hydrogen (secondary N) is 1. The van der Waals surface area contributed by atoms with Crippen molar-refractivity contribution in [3.05, 3.63) is 29.3 Å². The Morgan fingerprint density at radius 3 is 2.88 bits per heavy atom. The quantitative estimate of drug-likeness (QED) is 0.882. The average molecular weight is 270 g/mol. The van der Waals surface area contributed by atoms with E-state index in [-0.39, 0.29) is 0 Å². The predicted octanol–water partition coefficient (Wildman–Crippen LogP) is 4.21. The Balaban J connectivity index is 2.04. The minimum absolute atomic E-state index is 0.634. The summed E-state index contributed by atoms with van der Waals surface area (Å²) in [5.41, 5.74) is 0. The second-order valence-electron chi connectivity index (χ2n) is 4.93. The van der Waals surface area contributed by atoms with E-state index in [1.165, 1.54) is 24.2 Å². The van der Waals surface area contributed by atoms with E-state index in [2.05, 4.69) is 31.4 Å². The van der Waals surface area contributed by atoms with Gasteiger partial charge in [0.15, 0.2) is 0 Å². The highest BCUT2D eigenvalue weighted by Crippen LogP contribution is 2.36. The number of thioether (sulfide) groups is 1. The zero-order chi connectivity index (χ0) is 12.3. The summed E-state index contributed by atoms with van der Waals surface area (Å²) in [6.45, 7) is 2.36. The Labute approximate surface area is 113 Å². The lowest BCUT2D eigenvalue weighted by molar-refractivity contribution is 0.329.